The van der Waals surface area contributed by atoms with Crippen LogP contribution in [0.1, 0.15) is 12.8 Å². The molecule has 0 aromatic carbocycles. The number of nitrogens with two attached hydrogens (primary N) is 1. The summed E-state index contributed by atoms with van der Waals surface area (Å²) >= 11 is 0. The minimum atomic E-state index is -0.426. The summed E-state index contributed by atoms with van der Waals surface area (Å²) in [6.45, 7) is 1.37. The van der Waals surface area contributed by atoms with Gasteiger partial charge in [0.05, 0.1) is 11.9 Å². The highest BCUT2D eigenvalue weighted by Crippen LogP contribution is 2.20. The highest BCUT2D eigenvalue weighted by Gasteiger charge is 2.22. The first-order chi connectivity index (χ1) is 10.7. The minimum Gasteiger partial charge on any atom is -0.366 e. The molecule has 8 heteroatoms. The topological polar surface area (TPSA) is 117 Å². The average Bonchev–Trinajstić information content (AvgIpc) is 2.54. The molecule has 0 aliphatic carbocycles. The third kappa shape index (κ3) is 2.91. The van der Waals surface area contributed by atoms with E-state index in [1.165, 1.54) is 0 Å². The molecular formula is C14H18N6O2. The quantitative estimate of drug-likeness (QED) is 0.715. The normalized spacial score (nSPS) is 16.0. The summed E-state index contributed by atoms with van der Waals surface area (Å²) in [6.07, 6.45) is 3.21. The maximum atomic E-state index is 11.6. The second-order valence-electron chi connectivity index (χ2n) is 5.29. The number of H-pyrrole nitrogens is 1. The molecule has 0 spiro atoms. The molecule has 1 aliphatic rings. The van der Waals surface area contributed by atoms with Gasteiger partial charge in [0, 0.05) is 25.3 Å². The molecule has 0 atom stereocenters. The molecule has 1 amide bonds. The largest absolute Gasteiger partial charge is 0.366 e. The van der Waals surface area contributed by atoms with Crippen LogP contribution in [0.5, 0.6) is 0 Å². The summed E-state index contributed by atoms with van der Waals surface area (Å²) in [4.78, 5) is 35.7. The summed E-state index contributed by atoms with van der Waals surface area (Å²) in [6, 6.07) is 3.83. The van der Waals surface area contributed by atoms with Crippen LogP contribution in [0.2, 0.25) is 0 Å². The number of rotatable bonds is 3. The lowest BCUT2D eigenvalue weighted by atomic mass is 10.0. The average molecular weight is 302 g/mol. The number of fused-ring (bicyclic) bond motifs is 1. The van der Waals surface area contributed by atoms with Gasteiger partial charge < -0.3 is 16.0 Å². The Morgan fingerprint density at radius 1 is 1.45 bits per heavy atom. The van der Waals surface area contributed by atoms with Gasteiger partial charge in [-0.2, -0.15) is 4.98 Å². The van der Waals surface area contributed by atoms with E-state index in [9.17, 15) is 9.59 Å². The van der Waals surface area contributed by atoms with Gasteiger partial charge in [0.15, 0.2) is 0 Å². The molecule has 4 N–H and O–H groups in total. The van der Waals surface area contributed by atoms with E-state index in [1.54, 1.807) is 17.2 Å². The number of aromatic amines is 1. The monoisotopic (exact) mass is 302 g/mol. The number of pyridine rings is 1. The Morgan fingerprint density at radius 2 is 2.23 bits per heavy atom. The highest BCUT2D eigenvalue weighted by molar-refractivity contribution is 5.86. The molecule has 3 rings (SSSR count). The van der Waals surface area contributed by atoms with E-state index >= 15 is 0 Å². The number of aromatic nitrogens is 3. The van der Waals surface area contributed by atoms with Gasteiger partial charge in [0.2, 0.25) is 5.91 Å². The van der Waals surface area contributed by atoms with Crippen LogP contribution in [0.25, 0.3) is 11.0 Å². The fraction of sp³-hybridized carbons (Fsp3) is 0.429. The Balaban J connectivity index is 1.75. The predicted octanol–water partition coefficient (Wildman–Crippen LogP) is -0.320. The van der Waals surface area contributed by atoms with Crippen LogP contribution in [0.3, 0.4) is 0 Å². The van der Waals surface area contributed by atoms with Crippen molar-refractivity contribution in [1.29, 1.82) is 0 Å². The zero-order chi connectivity index (χ0) is 15.5. The number of nitrogens with one attached hydrogen (secondary N) is 2. The molecule has 116 valence electrons. The lowest BCUT2D eigenvalue weighted by Crippen LogP contribution is -2.44. The minimum absolute atomic E-state index is 0.0256. The first kappa shape index (κ1) is 14.5. The molecule has 0 radical (unpaired) electrons. The molecule has 8 nitrogen and oxygen atoms in total. The molecular weight excluding hydrogens is 284 g/mol. The van der Waals surface area contributed by atoms with E-state index in [0.717, 1.165) is 18.2 Å². The lowest BCUT2D eigenvalue weighted by molar-refractivity contribution is -0.130. The third-order valence-electron chi connectivity index (χ3n) is 3.86. The summed E-state index contributed by atoms with van der Waals surface area (Å²) in [5, 5.41) is 4.08. The SMILES string of the molecule is NCC(=O)N1CCC(Nc2nc(=O)[nH]c3ncccc23)CC1. The summed E-state index contributed by atoms with van der Waals surface area (Å²) < 4.78 is 0. The van der Waals surface area contributed by atoms with Crippen molar-refractivity contribution in [1.82, 2.24) is 19.9 Å². The van der Waals surface area contributed by atoms with Crippen LogP contribution < -0.4 is 16.7 Å². The zero-order valence-corrected chi connectivity index (χ0v) is 12.1. The van der Waals surface area contributed by atoms with Crippen molar-refractivity contribution in [3.63, 3.8) is 0 Å². The van der Waals surface area contributed by atoms with Gasteiger partial charge in [-0.05, 0) is 25.0 Å². The molecule has 1 fully saturated rings. The van der Waals surface area contributed by atoms with Crippen molar-refractivity contribution in [2.45, 2.75) is 18.9 Å². The molecule has 2 aromatic rings. The van der Waals surface area contributed by atoms with Crippen LogP contribution in [0.4, 0.5) is 5.82 Å². The highest BCUT2D eigenvalue weighted by atomic mass is 16.2. The van der Waals surface area contributed by atoms with Crippen molar-refractivity contribution in [3.05, 3.63) is 28.8 Å². The maximum Gasteiger partial charge on any atom is 0.348 e. The molecule has 0 saturated carbocycles. The van der Waals surface area contributed by atoms with E-state index in [0.29, 0.717) is 24.6 Å². The number of hydrogen-bond donors (Lipinski definition) is 3. The molecule has 3 heterocycles. The van der Waals surface area contributed by atoms with Crippen molar-refractivity contribution in [2.75, 3.05) is 25.0 Å². The maximum absolute atomic E-state index is 11.6. The van der Waals surface area contributed by atoms with Crippen molar-refractivity contribution in [3.8, 4) is 0 Å². The fourth-order valence-corrected chi connectivity index (χ4v) is 2.69. The number of hydrogen-bond acceptors (Lipinski definition) is 6. The summed E-state index contributed by atoms with van der Waals surface area (Å²) in [7, 11) is 0. The van der Waals surface area contributed by atoms with Gasteiger partial charge in [-0.1, -0.05) is 0 Å². The van der Waals surface area contributed by atoms with E-state index < -0.39 is 5.69 Å². The first-order valence-corrected chi connectivity index (χ1v) is 7.27. The smallest absolute Gasteiger partial charge is 0.348 e. The Bertz CT molecular complexity index is 735. The second-order valence-corrected chi connectivity index (χ2v) is 5.29. The van der Waals surface area contributed by atoms with Gasteiger partial charge in [-0.25, -0.2) is 9.78 Å². The van der Waals surface area contributed by atoms with E-state index in [4.69, 9.17) is 5.73 Å². The molecule has 1 aliphatic heterocycles. The number of likely N-dealkylation sites (tertiary alicyclic amines) is 1. The Morgan fingerprint density at radius 3 is 2.95 bits per heavy atom. The van der Waals surface area contributed by atoms with Crippen LogP contribution in [0.15, 0.2) is 23.1 Å². The standard InChI is InChI=1S/C14H18N6O2/c15-8-11(21)20-6-3-9(4-7-20)17-13-10-2-1-5-16-12(10)18-14(22)19-13/h1-2,5,9H,3-4,6-8,15H2,(H2,16,17,18,19,22). The van der Waals surface area contributed by atoms with Gasteiger partial charge in [0.25, 0.3) is 0 Å². The number of nitrogens with zero attached hydrogens (tertiary/aromatic N) is 3. The third-order valence-corrected chi connectivity index (χ3v) is 3.86. The van der Waals surface area contributed by atoms with Crippen molar-refractivity contribution in [2.24, 2.45) is 5.73 Å². The first-order valence-electron chi connectivity index (χ1n) is 7.27. The van der Waals surface area contributed by atoms with E-state index in [1.807, 2.05) is 6.07 Å². The zero-order valence-electron chi connectivity index (χ0n) is 12.1. The van der Waals surface area contributed by atoms with Crippen LogP contribution in [-0.4, -0.2) is 51.4 Å². The molecule has 0 bridgehead atoms. The Hall–Kier alpha value is -2.48. The molecule has 22 heavy (non-hydrogen) atoms. The number of carbonyl (C=O) groups excluding carboxylic acids is 1. The summed E-state index contributed by atoms with van der Waals surface area (Å²) in [5.74, 6) is 0.512. The number of amides is 1. The Labute approximate surface area is 126 Å². The summed E-state index contributed by atoms with van der Waals surface area (Å²) in [5.41, 5.74) is 5.47. The predicted molar refractivity (Wildman–Crippen MR) is 82.4 cm³/mol. The lowest BCUT2D eigenvalue weighted by Gasteiger charge is -2.32. The van der Waals surface area contributed by atoms with Gasteiger partial charge in [-0.3, -0.25) is 9.78 Å². The molecule has 1 saturated heterocycles. The fourth-order valence-electron chi connectivity index (χ4n) is 2.69. The molecule has 0 unspecified atom stereocenters. The van der Waals surface area contributed by atoms with Crippen LogP contribution >= 0.6 is 0 Å². The van der Waals surface area contributed by atoms with Gasteiger partial charge >= 0.3 is 5.69 Å². The number of carbonyl (C=O) groups is 1. The Kier molecular flexibility index (Phi) is 4.01. The number of piperidine rings is 1. The van der Waals surface area contributed by atoms with E-state index in [-0.39, 0.29) is 18.5 Å². The van der Waals surface area contributed by atoms with Crippen LogP contribution in [0, 0.1) is 0 Å². The van der Waals surface area contributed by atoms with Gasteiger partial charge in [0.1, 0.15) is 11.5 Å². The van der Waals surface area contributed by atoms with Crippen molar-refractivity contribution >= 4 is 22.8 Å². The van der Waals surface area contributed by atoms with E-state index in [2.05, 4.69) is 20.3 Å². The van der Waals surface area contributed by atoms with Crippen molar-refractivity contribution < 1.29 is 4.79 Å². The second kappa shape index (κ2) is 6.10. The number of anilines is 1. The molecule has 2 aromatic heterocycles. The van der Waals surface area contributed by atoms with Gasteiger partial charge in [-0.15, -0.1) is 0 Å². The van der Waals surface area contributed by atoms with Crippen LogP contribution in [-0.2, 0) is 4.79 Å².